The van der Waals surface area contributed by atoms with Crippen molar-refractivity contribution in [3.8, 4) is 11.1 Å². The molecule has 1 aliphatic carbocycles. The van der Waals surface area contributed by atoms with Crippen LogP contribution >= 0.6 is 0 Å². The van der Waals surface area contributed by atoms with Crippen molar-refractivity contribution in [1.82, 2.24) is 5.32 Å². The lowest BCUT2D eigenvalue weighted by atomic mass is 9.98. The second-order valence-electron chi connectivity index (χ2n) is 5.89. The van der Waals surface area contributed by atoms with E-state index < -0.39 is 30.6 Å². The van der Waals surface area contributed by atoms with E-state index in [-0.39, 0.29) is 12.5 Å². The summed E-state index contributed by atoms with van der Waals surface area (Å²) in [4.78, 5) is 33.0. The first-order chi connectivity index (χ1) is 12.5. The average Bonchev–Trinajstić information content (AvgIpc) is 2.93. The van der Waals surface area contributed by atoms with Crippen molar-refractivity contribution in [2.75, 3.05) is 6.61 Å². The minimum atomic E-state index is -2.01. The van der Waals surface area contributed by atoms with E-state index in [1.54, 1.807) is 0 Å². The van der Waals surface area contributed by atoms with Crippen LogP contribution in [0.1, 0.15) is 23.5 Å². The molecule has 0 heterocycles. The van der Waals surface area contributed by atoms with E-state index in [4.69, 9.17) is 4.74 Å². The molecule has 0 bridgehead atoms. The Labute approximate surface area is 148 Å². The Kier molecular flexibility index (Phi) is 5.06. The highest BCUT2D eigenvalue weighted by atomic mass is 19.1. The maximum Gasteiger partial charge on any atom is 0.407 e. The molecule has 26 heavy (non-hydrogen) atoms. The molecule has 2 aromatic carbocycles. The normalized spacial score (nSPS) is 13.5. The summed E-state index contributed by atoms with van der Waals surface area (Å²) >= 11 is 0. The fourth-order valence-electron chi connectivity index (χ4n) is 3.13. The predicted molar refractivity (Wildman–Crippen MR) is 88.8 cm³/mol. The molecule has 1 N–H and O–H groups in total. The van der Waals surface area contributed by atoms with Crippen LogP contribution in [0.5, 0.6) is 0 Å². The van der Waals surface area contributed by atoms with E-state index >= 15 is 0 Å². The molecule has 0 radical (unpaired) electrons. The highest BCUT2D eigenvalue weighted by Crippen LogP contribution is 2.44. The Morgan fingerprint density at radius 2 is 1.50 bits per heavy atom. The molecule has 0 aromatic heterocycles. The van der Waals surface area contributed by atoms with Gasteiger partial charge in [-0.3, -0.25) is 9.59 Å². The number of benzene rings is 2. The van der Waals surface area contributed by atoms with Crippen LogP contribution in [0.25, 0.3) is 11.1 Å². The quantitative estimate of drug-likeness (QED) is 0.804. The van der Waals surface area contributed by atoms with Crippen molar-refractivity contribution in [2.24, 2.45) is 0 Å². The van der Waals surface area contributed by atoms with E-state index in [0.717, 1.165) is 22.3 Å². The van der Waals surface area contributed by atoms with Gasteiger partial charge in [0.05, 0.1) is 6.42 Å². The van der Waals surface area contributed by atoms with Gasteiger partial charge in [0.15, 0.2) is 0 Å². The maximum atomic E-state index is 12.8. The van der Waals surface area contributed by atoms with Crippen molar-refractivity contribution in [2.45, 2.75) is 18.4 Å². The first-order valence-electron chi connectivity index (χ1n) is 7.96. The van der Waals surface area contributed by atoms with Gasteiger partial charge in [-0.25, -0.2) is 4.79 Å². The highest BCUT2D eigenvalue weighted by Gasteiger charge is 2.30. The zero-order chi connectivity index (χ0) is 18.7. The SMILES string of the molecule is O=C(F)C[C@H](NC(=O)OCC1c2ccccc2-c2ccccc21)C(=O)F. The molecule has 0 unspecified atom stereocenters. The lowest BCUT2D eigenvalue weighted by molar-refractivity contribution is -0.137. The summed E-state index contributed by atoms with van der Waals surface area (Å²) in [5.74, 6) is -0.213. The first kappa shape index (κ1) is 17.7. The Balaban J connectivity index is 1.71. The zero-order valence-electron chi connectivity index (χ0n) is 13.6. The minimum absolute atomic E-state index is 0.0450. The maximum absolute atomic E-state index is 12.8. The number of carbonyl (C=O) groups excluding carboxylic acids is 3. The lowest BCUT2D eigenvalue weighted by Gasteiger charge is -2.16. The summed E-state index contributed by atoms with van der Waals surface area (Å²) < 4.78 is 30.3. The lowest BCUT2D eigenvalue weighted by Crippen LogP contribution is -2.41. The van der Waals surface area contributed by atoms with Gasteiger partial charge in [0, 0.05) is 5.92 Å². The van der Waals surface area contributed by atoms with Crippen molar-refractivity contribution in [3.05, 3.63) is 59.7 Å². The van der Waals surface area contributed by atoms with Crippen LogP contribution in [-0.4, -0.2) is 30.8 Å². The van der Waals surface area contributed by atoms with Crippen LogP contribution in [0.15, 0.2) is 48.5 Å². The molecular weight excluding hydrogens is 344 g/mol. The van der Waals surface area contributed by atoms with Crippen LogP contribution in [0.4, 0.5) is 13.6 Å². The van der Waals surface area contributed by atoms with Crippen molar-refractivity contribution < 1.29 is 27.9 Å². The number of hydrogen-bond acceptors (Lipinski definition) is 4. The number of halogens is 2. The van der Waals surface area contributed by atoms with E-state index in [9.17, 15) is 23.2 Å². The third-order valence-corrected chi connectivity index (χ3v) is 4.27. The molecule has 134 valence electrons. The molecule has 3 rings (SSSR count). The topological polar surface area (TPSA) is 72.5 Å². The number of rotatable bonds is 6. The molecule has 5 nitrogen and oxygen atoms in total. The molecule has 0 spiro atoms. The smallest absolute Gasteiger partial charge is 0.407 e. The van der Waals surface area contributed by atoms with E-state index in [2.05, 4.69) is 0 Å². The number of carbonyl (C=O) groups is 3. The number of amides is 1. The van der Waals surface area contributed by atoms with E-state index in [0.29, 0.717) is 0 Å². The van der Waals surface area contributed by atoms with Crippen LogP contribution in [-0.2, 0) is 14.3 Å². The molecule has 0 aliphatic heterocycles. The molecular formula is C19H15F2NO4. The zero-order valence-corrected chi connectivity index (χ0v) is 13.6. The van der Waals surface area contributed by atoms with Gasteiger partial charge in [0.25, 0.3) is 0 Å². The molecule has 0 saturated carbocycles. The fourth-order valence-corrected chi connectivity index (χ4v) is 3.13. The van der Waals surface area contributed by atoms with Gasteiger partial charge in [-0.2, -0.15) is 8.78 Å². The van der Waals surface area contributed by atoms with Gasteiger partial charge < -0.3 is 10.1 Å². The third-order valence-electron chi connectivity index (χ3n) is 4.27. The van der Waals surface area contributed by atoms with Crippen LogP contribution in [0.3, 0.4) is 0 Å². The average molecular weight is 359 g/mol. The Morgan fingerprint density at radius 1 is 0.962 bits per heavy atom. The summed E-state index contributed by atoms with van der Waals surface area (Å²) in [7, 11) is 0. The summed E-state index contributed by atoms with van der Waals surface area (Å²) in [5, 5.41) is 1.87. The summed E-state index contributed by atoms with van der Waals surface area (Å²) in [6, 6.07) is 9.58. The van der Waals surface area contributed by atoms with Crippen LogP contribution < -0.4 is 5.32 Å². The van der Waals surface area contributed by atoms with Gasteiger partial charge >= 0.3 is 18.2 Å². The summed E-state index contributed by atoms with van der Waals surface area (Å²) in [6.07, 6.45) is -2.16. The van der Waals surface area contributed by atoms with E-state index in [1.807, 2.05) is 53.8 Å². The number of alkyl carbamates (subject to hydrolysis) is 1. The first-order valence-corrected chi connectivity index (χ1v) is 7.96. The molecule has 2 aromatic rings. The Morgan fingerprint density at radius 3 is 2.00 bits per heavy atom. The standard InChI is InChI=1S/C19H15F2NO4/c20-17(23)9-16(18(21)24)22-19(25)26-10-15-13-7-3-1-5-11(13)12-6-2-4-8-14(12)15/h1-8,15-16H,9-10H2,(H,22,25)/t16-/m0/s1. The molecule has 1 amide bonds. The van der Waals surface area contributed by atoms with Crippen molar-refractivity contribution in [3.63, 3.8) is 0 Å². The number of ether oxygens (including phenoxy) is 1. The molecule has 1 atom stereocenters. The van der Waals surface area contributed by atoms with Gasteiger partial charge in [-0.1, -0.05) is 48.5 Å². The second kappa shape index (κ2) is 7.43. The van der Waals surface area contributed by atoms with E-state index in [1.165, 1.54) is 0 Å². The minimum Gasteiger partial charge on any atom is -0.449 e. The summed E-state index contributed by atoms with van der Waals surface area (Å²) in [6.45, 7) is -0.0450. The van der Waals surface area contributed by atoms with Crippen molar-refractivity contribution in [1.29, 1.82) is 0 Å². The van der Waals surface area contributed by atoms with Crippen LogP contribution in [0.2, 0.25) is 0 Å². The molecule has 1 aliphatic rings. The monoisotopic (exact) mass is 359 g/mol. The number of hydrogen-bond donors (Lipinski definition) is 1. The Bertz CT molecular complexity index is 823. The van der Waals surface area contributed by atoms with Gasteiger partial charge in [-0.15, -0.1) is 0 Å². The van der Waals surface area contributed by atoms with Crippen molar-refractivity contribution >= 4 is 18.2 Å². The predicted octanol–water partition coefficient (Wildman–Crippen LogP) is 3.28. The molecule has 0 saturated heterocycles. The van der Waals surface area contributed by atoms with Crippen LogP contribution in [0, 0.1) is 0 Å². The summed E-state index contributed by atoms with van der Waals surface area (Å²) in [5.41, 5.74) is 4.05. The van der Waals surface area contributed by atoms with Gasteiger partial charge in [0.2, 0.25) is 0 Å². The van der Waals surface area contributed by atoms with Gasteiger partial charge in [0.1, 0.15) is 12.6 Å². The second-order valence-corrected chi connectivity index (χ2v) is 5.89. The largest absolute Gasteiger partial charge is 0.449 e. The molecule has 0 fully saturated rings. The van der Waals surface area contributed by atoms with Gasteiger partial charge in [-0.05, 0) is 22.3 Å². The number of nitrogens with one attached hydrogen (secondary N) is 1. The highest BCUT2D eigenvalue weighted by molar-refractivity contribution is 5.85. The Hall–Kier alpha value is -3.09. The number of fused-ring (bicyclic) bond motifs is 3. The molecule has 7 heteroatoms. The third kappa shape index (κ3) is 3.61. The fraction of sp³-hybridized carbons (Fsp3) is 0.211.